The van der Waals surface area contributed by atoms with Gasteiger partial charge < -0.3 is 10.6 Å². The van der Waals surface area contributed by atoms with E-state index in [1.165, 1.54) is 4.68 Å². The van der Waals surface area contributed by atoms with E-state index in [9.17, 15) is 0 Å². The van der Waals surface area contributed by atoms with Crippen LogP contribution in [0.5, 0.6) is 5.75 Å². The molecule has 90 valence electrons. The lowest BCUT2D eigenvalue weighted by Crippen LogP contribution is -2.14. The van der Waals surface area contributed by atoms with Gasteiger partial charge in [0.25, 0.3) is 0 Å². The summed E-state index contributed by atoms with van der Waals surface area (Å²) in [7, 11) is 0. The monoisotopic (exact) mass is 270 g/mol. The number of hydrogen-bond acceptors (Lipinski definition) is 4. The zero-order chi connectivity index (χ0) is 12.4. The lowest BCUT2D eigenvalue weighted by molar-refractivity contribution is 0.290. The van der Waals surface area contributed by atoms with Crippen LogP contribution in [0.3, 0.4) is 0 Å². The van der Waals surface area contributed by atoms with E-state index in [4.69, 9.17) is 34.4 Å². The van der Waals surface area contributed by atoms with Gasteiger partial charge in [0.15, 0.2) is 5.82 Å². The number of nitrogens with one attached hydrogen (secondary N) is 1. The summed E-state index contributed by atoms with van der Waals surface area (Å²) >= 11 is 10.7. The summed E-state index contributed by atoms with van der Waals surface area (Å²) < 4.78 is 7.22. The molecule has 0 aliphatic rings. The van der Waals surface area contributed by atoms with E-state index in [1.807, 2.05) is 13.0 Å². The molecule has 5 nitrogen and oxygen atoms in total. The number of rotatable bonds is 3. The molecular formula is C10H11ClN4OS. The Kier molecular flexibility index (Phi) is 3.35. The number of nitrogens with two attached hydrogens (primary N) is 1. The number of nitrogen functional groups attached to an aromatic ring is 1. The van der Waals surface area contributed by atoms with Crippen molar-refractivity contribution in [2.45, 2.75) is 13.5 Å². The SMILES string of the molecule is Cc1cc(Cl)ccc1OCc1n[nH]c(=S)n1N. The highest BCUT2D eigenvalue weighted by molar-refractivity contribution is 7.71. The number of ether oxygens (including phenoxy) is 1. The van der Waals surface area contributed by atoms with Crippen LogP contribution in [0.25, 0.3) is 0 Å². The summed E-state index contributed by atoms with van der Waals surface area (Å²) in [5, 5.41) is 7.21. The van der Waals surface area contributed by atoms with Crippen molar-refractivity contribution in [2.24, 2.45) is 0 Å². The van der Waals surface area contributed by atoms with Gasteiger partial charge in [0.05, 0.1) is 0 Å². The molecule has 0 aliphatic carbocycles. The Morgan fingerprint density at radius 3 is 2.94 bits per heavy atom. The Morgan fingerprint density at radius 2 is 2.35 bits per heavy atom. The van der Waals surface area contributed by atoms with Crippen molar-refractivity contribution in [3.05, 3.63) is 39.4 Å². The molecule has 7 heteroatoms. The van der Waals surface area contributed by atoms with Crippen LogP contribution in [0.4, 0.5) is 0 Å². The summed E-state index contributed by atoms with van der Waals surface area (Å²) in [5.41, 5.74) is 0.954. The van der Waals surface area contributed by atoms with E-state index in [1.54, 1.807) is 12.1 Å². The first-order chi connectivity index (χ1) is 8.08. The molecule has 0 amide bonds. The number of halogens is 1. The van der Waals surface area contributed by atoms with Crippen molar-refractivity contribution >= 4 is 23.8 Å². The van der Waals surface area contributed by atoms with Gasteiger partial charge in [-0.25, -0.2) is 4.68 Å². The third-order valence-corrected chi connectivity index (χ3v) is 2.79. The Balaban J connectivity index is 2.12. The maximum absolute atomic E-state index is 5.85. The molecule has 0 atom stereocenters. The van der Waals surface area contributed by atoms with Gasteiger partial charge in [0.2, 0.25) is 4.77 Å². The van der Waals surface area contributed by atoms with Gasteiger partial charge >= 0.3 is 0 Å². The van der Waals surface area contributed by atoms with Crippen molar-refractivity contribution in [1.82, 2.24) is 14.9 Å². The lowest BCUT2D eigenvalue weighted by Gasteiger charge is -2.08. The highest BCUT2D eigenvalue weighted by Gasteiger charge is 2.05. The predicted octanol–water partition coefficient (Wildman–Crippen LogP) is 2.20. The van der Waals surface area contributed by atoms with Gasteiger partial charge in [-0.05, 0) is 42.9 Å². The van der Waals surface area contributed by atoms with Gasteiger partial charge in [0.1, 0.15) is 12.4 Å². The first-order valence-electron chi connectivity index (χ1n) is 4.88. The second-order valence-electron chi connectivity index (χ2n) is 3.51. The molecule has 17 heavy (non-hydrogen) atoms. The van der Waals surface area contributed by atoms with Crippen molar-refractivity contribution in [1.29, 1.82) is 0 Å². The minimum absolute atomic E-state index is 0.242. The zero-order valence-corrected chi connectivity index (χ0v) is 10.7. The minimum atomic E-state index is 0.242. The molecule has 0 saturated carbocycles. The minimum Gasteiger partial charge on any atom is -0.485 e. The highest BCUT2D eigenvalue weighted by atomic mass is 35.5. The molecule has 0 spiro atoms. The van der Waals surface area contributed by atoms with Crippen molar-refractivity contribution in [3.8, 4) is 5.75 Å². The molecule has 1 heterocycles. The number of H-pyrrole nitrogens is 1. The number of benzene rings is 1. The van der Waals surface area contributed by atoms with E-state index in [2.05, 4.69) is 10.2 Å². The van der Waals surface area contributed by atoms with Crippen LogP contribution < -0.4 is 10.6 Å². The molecule has 0 unspecified atom stereocenters. The number of hydrogen-bond donors (Lipinski definition) is 2. The molecule has 0 radical (unpaired) electrons. The average molecular weight is 271 g/mol. The second kappa shape index (κ2) is 4.77. The summed E-state index contributed by atoms with van der Waals surface area (Å²) in [6.45, 7) is 2.16. The van der Waals surface area contributed by atoms with E-state index in [0.29, 0.717) is 15.6 Å². The van der Waals surface area contributed by atoms with E-state index >= 15 is 0 Å². The number of nitrogens with zero attached hydrogens (tertiary/aromatic N) is 2. The average Bonchev–Trinajstić information content (AvgIpc) is 2.59. The van der Waals surface area contributed by atoms with Crippen LogP contribution in [0.1, 0.15) is 11.4 Å². The fourth-order valence-electron chi connectivity index (χ4n) is 1.36. The molecule has 2 rings (SSSR count). The van der Waals surface area contributed by atoms with Crippen LogP contribution in [-0.4, -0.2) is 14.9 Å². The van der Waals surface area contributed by atoms with Crippen LogP contribution >= 0.6 is 23.8 Å². The van der Waals surface area contributed by atoms with Crippen molar-refractivity contribution in [3.63, 3.8) is 0 Å². The number of aromatic nitrogens is 3. The van der Waals surface area contributed by atoms with Crippen LogP contribution in [-0.2, 0) is 6.61 Å². The Labute approximate surface area is 108 Å². The first kappa shape index (κ1) is 11.9. The van der Waals surface area contributed by atoms with Crippen LogP contribution in [0, 0.1) is 11.7 Å². The Bertz CT molecular complexity index is 592. The van der Waals surface area contributed by atoms with Gasteiger partial charge in [0, 0.05) is 5.02 Å². The van der Waals surface area contributed by atoms with Crippen LogP contribution in [0.15, 0.2) is 18.2 Å². The molecule has 1 aromatic heterocycles. The molecule has 0 fully saturated rings. The molecule has 2 aromatic rings. The number of aromatic amines is 1. The van der Waals surface area contributed by atoms with E-state index in [-0.39, 0.29) is 6.61 Å². The third kappa shape index (κ3) is 2.59. The predicted molar refractivity (Wildman–Crippen MR) is 68.1 cm³/mol. The standard InChI is InChI=1S/C10H11ClN4OS/c1-6-4-7(11)2-3-8(6)16-5-9-13-14-10(17)15(9)12/h2-4H,5,12H2,1H3,(H,14,17). The van der Waals surface area contributed by atoms with E-state index < -0.39 is 0 Å². The van der Waals surface area contributed by atoms with Gasteiger partial charge in [-0.2, -0.15) is 5.10 Å². The zero-order valence-electron chi connectivity index (χ0n) is 9.11. The Morgan fingerprint density at radius 1 is 1.59 bits per heavy atom. The quantitative estimate of drug-likeness (QED) is 0.663. The second-order valence-corrected chi connectivity index (χ2v) is 4.34. The van der Waals surface area contributed by atoms with E-state index in [0.717, 1.165) is 11.3 Å². The topological polar surface area (TPSA) is 68.9 Å². The first-order valence-corrected chi connectivity index (χ1v) is 5.67. The van der Waals surface area contributed by atoms with Crippen molar-refractivity contribution < 1.29 is 4.74 Å². The molecule has 0 aliphatic heterocycles. The molecule has 3 N–H and O–H groups in total. The fraction of sp³-hybridized carbons (Fsp3) is 0.200. The van der Waals surface area contributed by atoms with Gasteiger partial charge in [-0.3, -0.25) is 5.10 Å². The molecule has 0 bridgehead atoms. The Hall–Kier alpha value is -1.53. The van der Waals surface area contributed by atoms with Gasteiger partial charge in [-0.1, -0.05) is 11.6 Å². The number of aryl methyl sites for hydroxylation is 1. The summed E-state index contributed by atoms with van der Waals surface area (Å²) in [6.07, 6.45) is 0. The molecule has 0 saturated heterocycles. The molecule has 1 aromatic carbocycles. The third-order valence-electron chi connectivity index (χ3n) is 2.27. The summed E-state index contributed by atoms with van der Waals surface area (Å²) in [4.78, 5) is 0. The van der Waals surface area contributed by atoms with Crippen LogP contribution in [0.2, 0.25) is 5.02 Å². The maximum Gasteiger partial charge on any atom is 0.214 e. The largest absolute Gasteiger partial charge is 0.485 e. The highest BCUT2D eigenvalue weighted by Crippen LogP contribution is 2.22. The lowest BCUT2D eigenvalue weighted by atomic mass is 10.2. The smallest absolute Gasteiger partial charge is 0.214 e. The molecular weight excluding hydrogens is 260 g/mol. The normalized spacial score (nSPS) is 10.5. The van der Waals surface area contributed by atoms with Crippen molar-refractivity contribution in [2.75, 3.05) is 5.84 Å². The fourth-order valence-corrected chi connectivity index (χ4v) is 1.73. The maximum atomic E-state index is 5.85. The summed E-state index contributed by atoms with van der Waals surface area (Å²) in [5.74, 6) is 6.92. The summed E-state index contributed by atoms with van der Waals surface area (Å²) in [6, 6.07) is 5.40. The van der Waals surface area contributed by atoms with Gasteiger partial charge in [-0.15, -0.1) is 0 Å².